The van der Waals surface area contributed by atoms with E-state index in [-0.39, 0.29) is 15.9 Å². The highest BCUT2D eigenvalue weighted by molar-refractivity contribution is 8.14. The molecule has 0 aromatic carbocycles. The SMILES string of the molecule is C=S1CC2=C(N3CCN(C)CC3)C=CN=C3C=CC=CC32C1. The van der Waals surface area contributed by atoms with E-state index in [2.05, 4.69) is 53.1 Å². The Bertz CT molecular complexity index is 660. The van der Waals surface area contributed by atoms with Crippen LogP contribution in [0, 0.1) is 5.41 Å². The lowest BCUT2D eigenvalue weighted by Crippen LogP contribution is -2.44. The van der Waals surface area contributed by atoms with Crippen LogP contribution in [0.1, 0.15) is 0 Å². The van der Waals surface area contributed by atoms with Crippen LogP contribution in [0.2, 0.25) is 0 Å². The first kappa shape index (κ1) is 14.2. The van der Waals surface area contributed by atoms with E-state index in [1.54, 1.807) is 5.57 Å². The van der Waals surface area contributed by atoms with Gasteiger partial charge in [-0.05, 0) is 24.8 Å². The molecule has 0 bridgehead atoms. The van der Waals surface area contributed by atoms with Crippen LogP contribution in [0.3, 0.4) is 0 Å². The fourth-order valence-electron chi connectivity index (χ4n) is 3.86. The number of hydrogen-bond acceptors (Lipinski definition) is 3. The van der Waals surface area contributed by atoms with E-state index < -0.39 is 0 Å². The number of likely N-dealkylation sites (N-methyl/N-ethyl adjacent to an activating group) is 1. The number of allylic oxidation sites excluding steroid dienone is 5. The second-order valence-corrected chi connectivity index (χ2v) is 8.38. The van der Waals surface area contributed by atoms with Crippen molar-refractivity contribution < 1.29 is 0 Å². The maximum Gasteiger partial charge on any atom is 0.0634 e. The largest absolute Gasteiger partial charge is 0.369 e. The van der Waals surface area contributed by atoms with Crippen molar-refractivity contribution in [1.29, 1.82) is 0 Å². The number of aliphatic imine (C=N–C) groups is 1. The smallest absolute Gasteiger partial charge is 0.0634 e. The highest BCUT2D eigenvalue weighted by atomic mass is 32.2. The van der Waals surface area contributed by atoms with Crippen LogP contribution in [-0.4, -0.2) is 66.1 Å². The molecule has 1 aliphatic carbocycles. The molecule has 3 heterocycles. The van der Waals surface area contributed by atoms with E-state index in [1.807, 2.05) is 6.20 Å². The zero-order valence-corrected chi connectivity index (χ0v) is 14.0. The van der Waals surface area contributed by atoms with Gasteiger partial charge in [-0.1, -0.05) is 24.1 Å². The molecule has 116 valence electrons. The molecule has 4 heteroatoms. The first-order chi connectivity index (χ1) is 10.7. The molecule has 3 nitrogen and oxygen atoms in total. The number of piperazine rings is 1. The maximum atomic E-state index is 4.77. The zero-order chi connectivity index (χ0) is 15.2. The Hall–Kier alpha value is -1.39. The van der Waals surface area contributed by atoms with Gasteiger partial charge in [-0.25, -0.2) is 0 Å². The Labute approximate surface area is 135 Å². The van der Waals surface area contributed by atoms with E-state index in [0.29, 0.717) is 0 Å². The van der Waals surface area contributed by atoms with Crippen LogP contribution < -0.4 is 0 Å². The van der Waals surface area contributed by atoms with Gasteiger partial charge in [0.05, 0.1) is 11.1 Å². The highest BCUT2D eigenvalue weighted by Crippen LogP contribution is 2.50. The summed E-state index contributed by atoms with van der Waals surface area (Å²) in [6.07, 6.45) is 13.1. The van der Waals surface area contributed by atoms with E-state index in [9.17, 15) is 0 Å². The third-order valence-corrected chi connectivity index (χ3v) is 6.68. The normalized spacial score (nSPS) is 34.5. The van der Waals surface area contributed by atoms with Crippen molar-refractivity contribution in [2.24, 2.45) is 10.4 Å². The van der Waals surface area contributed by atoms with Crippen molar-refractivity contribution in [3.8, 4) is 0 Å². The minimum atomic E-state index is 0.00178. The van der Waals surface area contributed by atoms with Crippen molar-refractivity contribution >= 4 is 22.1 Å². The zero-order valence-electron chi connectivity index (χ0n) is 13.2. The first-order valence-corrected chi connectivity index (χ1v) is 9.67. The van der Waals surface area contributed by atoms with Crippen LogP contribution in [0.25, 0.3) is 0 Å². The first-order valence-electron chi connectivity index (χ1n) is 7.94. The van der Waals surface area contributed by atoms with E-state index >= 15 is 0 Å². The Kier molecular flexibility index (Phi) is 3.46. The molecular formula is C18H23N3S. The average molecular weight is 313 g/mol. The van der Waals surface area contributed by atoms with E-state index in [1.165, 1.54) is 11.4 Å². The highest BCUT2D eigenvalue weighted by Gasteiger charge is 2.44. The Morgan fingerprint density at radius 1 is 1.18 bits per heavy atom. The fourth-order valence-corrected chi connectivity index (χ4v) is 5.84. The van der Waals surface area contributed by atoms with Crippen molar-refractivity contribution in [3.05, 3.63) is 47.9 Å². The second-order valence-electron chi connectivity index (χ2n) is 6.57. The van der Waals surface area contributed by atoms with Crippen LogP contribution in [0.15, 0.2) is 52.8 Å². The van der Waals surface area contributed by atoms with Gasteiger partial charge < -0.3 is 9.80 Å². The van der Waals surface area contributed by atoms with Gasteiger partial charge in [0.1, 0.15) is 0 Å². The number of rotatable bonds is 1. The van der Waals surface area contributed by atoms with Gasteiger partial charge in [0.15, 0.2) is 0 Å². The molecule has 0 aromatic heterocycles. The van der Waals surface area contributed by atoms with Crippen LogP contribution in [0.5, 0.6) is 0 Å². The van der Waals surface area contributed by atoms with Crippen LogP contribution >= 0.6 is 10.5 Å². The summed E-state index contributed by atoms with van der Waals surface area (Å²) in [4.78, 5) is 9.73. The lowest BCUT2D eigenvalue weighted by molar-refractivity contribution is 0.188. The second kappa shape index (κ2) is 5.36. The fraction of sp³-hybridized carbons (Fsp3) is 0.444. The Morgan fingerprint density at radius 2 is 2.00 bits per heavy atom. The van der Waals surface area contributed by atoms with E-state index in [0.717, 1.165) is 37.7 Å². The van der Waals surface area contributed by atoms with Gasteiger partial charge in [-0.3, -0.25) is 4.99 Å². The Morgan fingerprint density at radius 3 is 2.82 bits per heavy atom. The van der Waals surface area contributed by atoms with E-state index in [4.69, 9.17) is 4.99 Å². The van der Waals surface area contributed by atoms with Crippen LogP contribution in [-0.2, 0) is 0 Å². The predicted octanol–water partition coefficient (Wildman–Crippen LogP) is 2.28. The molecule has 2 fully saturated rings. The average Bonchev–Trinajstić information content (AvgIpc) is 2.75. The molecule has 2 atom stereocenters. The standard InChI is InChI=1S/C18H23N3S/c1-20-9-11-21(12-10-20)16-6-8-19-17-5-3-4-7-18(17)14-22(2)13-15(16)18/h3-8H,2,9-14H2,1H3. The van der Waals surface area contributed by atoms with Gasteiger partial charge in [-0.2, -0.15) is 10.5 Å². The third-order valence-electron chi connectivity index (χ3n) is 5.12. The van der Waals surface area contributed by atoms with Crippen molar-refractivity contribution in [2.75, 3.05) is 44.7 Å². The van der Waals surface area contributed by atoms with Gasteiger partial charge in [0, 0.05) is 49.6 Å². The maximum absolute atomic E-state index is 4.77. The number of nitrogens with zero attached hydrogens (tertiary/aromatic N) is 3. The summed E-state index contributed by atoms with van der Waals surface area (Å²) >= 11 is 0. The predicted molar refractivity (Wildman–Crippen MR) is 97.8 cm³/mol. The molecular weight excluding hydrogens is 290 g/mol. The molecule has 2 saturated heterocycles. The molecule has 0 aromatic rings. The van der Waals surface area contributed by atoms with Crippen molar-refractivity contribution in [1.82, 2.24) is 9.80 Å². The van der Waals surface area contributed by atoms with Crippen molar-refractivity contribution in [3.63, 3.8) is 0 Å². The van der Waals surface area contributed by atoms with Crippen LogP contribution in [0.4, 0.5) is 0 Å². The summed E-state index contributed by atoms with van der Waals surface area (Å²) in [6.45, 7) is 4.49. The van der Waals surface area contributed by atoms with Gasteiger partial charge in [-0.15, -0.1) is 0 Å². The number of hydrogen-bond donors (Lipinski definition) is 0. The molecule has 3 aliphatic heterocycles. The Balaban J connectivity index is 1.80. The minimum Gasteiger partial charge on any atom is -0.369 e. The molecule has 4 rings (SSSR count). The molecule has 4 aliphatic rings. The summed E-state index contributed by atoms with van der Waals surface area (Å²) in [5.74, 6) is 6.63. The summed E-state index contributed by atoms with van der Waals surface area (Å²) in [6, 6.07) is 0. The lowest BCUT2D eigenvalue weighted by atomic mass is 9.75. The summed E-state index contributed by atoms with van der Waals surface area (Å²) in [5.41, 5.74) is 4.15. The monoisotopic (exact) mass is 313 g/mol. The molecule has 1 spiro atoms. The summed E-state index contributed by atoms with van der Waals surface area (Å²) in [7, 11) is 2.40. The van der Waals surface area contributed by atoms with Gasteiger partial charge in [0.25, 0.3) is 0 Å². The van der Waals surface area contributed by atoms with Gasteiger partial charge >= 0.3 is 0 Å². The topological polar surface area (TPSA) is 18.8 Å². The molecule has 0 radical (unpaired) electrons. The quantitative estimate of drug-likeness (QED) is 0.692. The lowest BCUT2D eigenvalue weighted by Gasteiger charge is -2.37. The summed E-state index contributed by atoms with van der Waals surface area (Å²) in [5, 5.41) is 0. The minimum absolute atomic E-state index is 0.00178. The molecule has 2 unspecified atom stereocenters. The molecule has 0 saturated carbocycles. The molecule has 22 heavy (non-hydrogen) atoms. The van der Waals surface area contributed by atoms with Crippen molar-refractivity contribution in [2.45, 2.75) is 0 Å². The molecule has 0 N–H and O–H groups in total. The third kappa shape index (κ3) is 2.17. The van der Waals surface area contributed by atoms with Gasteiger partial charge in [0.2, 0.25) is 0 Å². The summed E-state index contributed by atoms with van der Waals surface area (Å²) < 4.78 is 0. The molecule has 0 amide bonds.